The first-order valence-electron chi connectivity index (χ1n) is 6.37. The number of rotatable bonds is 1. The lowest BCUT2D eigenvalue weighted by atomic mass is 10.1. The molecule has 0 aliphatic carbocycles. The van der Waals surface area contributed by atoms with Crippen molar-refractivity contribution >= 4 is 11.6 Å². The summed E-state index contributed by atoms with van der Waals surface area (Å²) >= 11 is 0. The smallest absolute Gasteiger partial charge is 0.171 e. The number of nitrogens with one attached hydrogen (secondary N) is 1. The van der Waals surface area contributed by atoms with Crippen LogP contribution in [0.2, 0.25) is 0 Å². The normalized spacial score (nSPS) is 22.5. The van der Waals surface area contributed by atoms with Crippen LogP contribution in [-0.2, 0) is 0 Å². The molecule has 5 heteroatoms. The van der Waals surface area contributed by atoms with Crippen molar-refractivity contribution in [3.8, 4) is 5.75 Å². The molecule has 1 N–H and O–H groups in total. The Balaban J connectivity index is 1.99. The number of fused-ring (bicyclic) bond motifs is 3. The number of Topliss-reactive ketones (excluding diaryl/α,β-unsaturated/α-hetero) is 1. The molecule has 0 spiro atoms. The van der Waals surface area contributed by atoms with E-state index in [1.54, 1.807) is 13.1 Å². The monoisotopic (exact) mass is 247 g/mol. The van der Waals surface area contributed by atoms with Crippen molar-refractivity contribution in [1.82, 2.24) is 10.3 Å². The number of anilines is 1. The van der Waals surface area contributed by atoms with Crippen molar-refractivity contribution in [3.63, 3.8) is 0 Å². The van der Waals surface area contributed by atoms with Crippen molar-refractivity contribution in [2.24, 2.45) is 0 Å². The summed E-state index contributed by atoms with van der Waals surface area (Å²) in [5, 5.41) is 3.39. The Bertz CT molecular complexity index is 475. The van der Waals surface area contributed by atoms with Crippen LogP contribution in [0.25, 0.3) is 0 Å². The van der Waals surface area contributed by atoms with E-state index in [1.807, 2.05) is 6.07 Å². The highest BCUT2D eigenvalue weighted by Gasteiger charge is 2.28. The van der Waals surface area contributed by atoms with Gasteiger partial charge in [0.1, 0.15) is 0 Å². The first kappa shape index (κ1) is 11.5. The van der Waals surface area contributed by atoms with Crippen molar-refractivity contribution < 1.29 is 9.53 Å². The minimum absolute atomic E-state index is 0.0232. The fourth-order valence-electron chi connectivity index (χ4n) is 2.55. The van der Waals surface area contributed by atoms with Crippen molar-refractivity contribution in [3.05, 3.63) is 17.8 Å². The van der Waals surface area contributed by atoms with Crippen LogP contribution in [0.4, 0.5) is 5.82 Å². The topological polar surface area (TPSA) is 54.5 Å². The van der Waals surface area contributed by atoms with Crippen LogP contribution >= 0.6 is 0 Å². The number of hydrogen-bond acceptors (Lipinski definition) is 5. The van der Waals surface area contributed by atoms with E-state index in [-0.39, 0.29) is 5.78 Å². The van der Waals surface area contributed by atoms with Gasteiger partial charge in [-0.15, -0.1) is 0 Å². The predicted octanol–water partition coefficient (Wildman–Crippen LogP) is 0.845. The van der Waals surface area contributed by atoms with Gasteiger partial charge < -0.3 is 15.0 Å². The van der Waals surface area contributed by atoms with E-state index in [1.165, 1.54) is 0 Å². The Morgan fingerprint density at radius 3 is 3.33 bits per heavy atom. The number of ketones is 1. The number of ether oxygens (including phenoxy) is 1. The first-order chi connectivity index (χ1) is 8.75. The number of nitrogens with zero attached hydrogens (tertiary/aromatic N) is 2. The molecule has 2 aliphatic rings. The lowest BCUT2D eigenvalue weighted by Gasteiger charge is -2.35. The zero-order valence-corrected chi connectivity index (χ0v) is 10.5. The molecular weight excluding hydrogens is 230 g/mol. The third-order valence-electron chi connectivity index (χ3n) is 3.57. The number of carbonyl (C=O) groups excluding carboxylic acids is 1. The standard InChI is InChI=1S/C13H17N3O2/c1-9(17)10-6-12-13(15-7-10)16-4-3-14-8-11(16)2-5-18-12/h6-7,11,14H,2-5,8H2,1H3. The number of pyridine rings is 1. The van der Waals surface area contributed by atoms with E-state index in [4.69, 9.17) is 4.74 Å². The summed E-state index contributed by atoms with van der Waals surface area (Å²) < 4.78 is 5.75. The van der Waals surface area contributed by atoms with Gasteiger partial charge in [0.05, 0.1) is 6.61 Å². The molecule has 1 aromatic rings. The molecule has 0 amide bonds. The van der Waals surface area contributed by atoms with Crippen LogP contribution in [-0.4, -0.2) is 43.1 Å². The van der Waals surface area contributed by atoms with Gasteiger partial charge in [-0.1, -0.05) is 0 Å². The summed E-state index contributed by atoms with van der Waals surface area (Å²) in [7, 11) is 0. The fraction of sp³-hybridized carbons (Fsp3) is 0.538. The van der Waals surface area contributed by atoms with E-state index in [9.17, 15) is 4.79 Å². The van der Waals surface area contributed by atoms with Crippen molar-refractivity contribution in [2.45, 2.75) is 19.4 Å². The number of carbonyl (C=O) groups is 1. The second kappa shape index (κ2) is 4.57. The molecule has 96 valence electrons. The van der Waals surface area contributed by atoms with Gasteiger partial charge in [-0.05, 0) is 13.0 Å². The molecular formula is C13H17N3O2. The average molecular weight is 247 g/mol. The third-order valence-corrected chi connectivity index (χ3v) is 3.57. The van der Waals surface area contributed by atoms with Gasteiger partial charge in [-0.25, -0.2) is 4.98 Å². The van der Waals surface area contributed by atoms with Crippen LogP contribution in [0.5, 0.6) is 5.75 Å². The number of aromatic nitrogens is 1. The summed E-state index contributed by atoms with van der Waals surface area (Å²) in [5.41, 5.74) is 0.613. The third kappa shape index (κ3) is 1.95. The number of hydrogen-bond donors (Lipinski definition) is 1. The van der Waals surface area contributed by atoms with Gasteiger partial charge in [-0.3, -0.25) is 4.79 Å². The molecule has 1 atom stereocenters. The van der Waals surface area contributed by atoms with Crippen LogP contribution in [0, 0.1) is 0 Å². The van der Waals surface area contributed by atoms with Gasteiger partial charge in [0.15, 0.2) is 17.4 Å². The quantitative estimate of drug-likeness (QED) is 0.745. The summed E-state index contributed by atoms with van der Waals surface area (Å²) in [6.45, 7) is 5.10. The summed E-state index contributed by atoms with van der Waals surface area (Å²) in [5.74, 6) is 1.64. The lowest BCUT2D eigenvalue weighted by molar-refractivity contribution is 0.101. The molecule has 2 aliphatic heterocycles. The van der Waals surface area contributed by atoms with E-state index in [2.05, 4.69) is 15.2 Å². The molecule has 1 fully saturated rings. The highest BCUT2D eigenvalue weighted by molar-refractivity contribution is 5.94. The van der Waals surface area contributed by atoms with Gasteiger partial charge in [-0.2, -0.15) is 0 Å². The zero-order chi connectivity index (χ0) is 12.5. The Hall–Kier alpha value is -1.62. The van der Waals surface area contributed by atoms with E-state index < -0.39 is 0 Å². The van der Waals surface area contributed by atoms with Gasteiger partial charge in [0.25, 0.3) is 0 Å². The Morgan fingerprint density at radius 2 is 2.50 bits per heavy atom. The molecule has 1 saturated heterocycles. The molecule has 0 saturated carbocycles. The van der Waals surface area contributed by atoms with Gasteiger partial charge in [0.2, 0.25) is 0 Å². The Morgan fingerprint density at radius 1 is 1.61 bits per heavy atom. The highest BCUT2D eigenvalue weighted by Crippen LogP contribution is 2.32. The van der Waals surface area contributed by atoms with E-state index >= 15 is 0 Å². The molecule has 5 nitrogen and oxygen atoms in total. The second-order valence-corrected chi connectivity index (χ2v) is 4.79. The van der Waals surface area contributed by atoms with Crippen molar-refractivity contribution in [1.29, 1.82) is 0 Å². The van der Waals surface area contributed by atoms with Crippen LogP contribution in [0.3, 0.4) is 0 Å². The molecule has 3 rings (SSSR count). The summed E-state index contributed by atoms with van der Waals surface area (Å²) in [6, 6.07) is 2.26. The summed E-state index contributed by atoms with van der Waals surface area (Å²) in [4.78, 5) is 18.1. The maximum absolute atomic E-state index is 11.4. The molecule has 1 unspecified atom stereocenters. The zero-order valence-electron chi connectivity index (χ0n) is 10.5. The highest BCUT2D eigenvalue weighted by atomic mass is 16.5. The molecule has 18 heavy (non-hydrogen) atoms. The fourth-order valence-corrected chi connectivity index (χ4v) is 2.55. The molecule has 0 radical (unpaired) electrons. The minimum Gasteiger partial charge on any atom is -0.490 e. The summed E-state index contributed by atoms with van der Waals surface area (Å²) in [6.07, 6.45) is 2.63. The molecule has 0 bridgehead atoms. The molecule has 3 heterocycles. The van der Waals surface area contributed by atoms with Crippen LogP contribution < -0.4 is 15.0 Å². The first-order valence-corrected chi connectivity index (χ1v) is 6.37. The van der Waals surface area contributed by atoms with Gasteiger partial charge >= 0.3 is 0 Å². The predicted molar refractivity (Wildman–Crippen MR) is 68.4 cm³/mol. The average Bonchev–Trinajstić information content (AvgIpc) is 2.57. The second-order valence-electron chi connectivity index (χ2n) is 4.79. The lowest BCUT2D eigenvalue weighted by Crippen LogP contribution is -2.51. The maximum atomic E-state index is 11.4. The Kier molecular flexibility index (Phi) is 2.91. The number of piperazine rings is 1. The molecule has 0 aromatic carbocycles. The Labute approximate surface area is 106 Å². The largest absolute Gasteiger partial charge is 0.490 e. The van der Waals surface area contributed by atoms with Crippen LogP contribution in [0.1, 0.15) is 23.7 Å². The SMILES string of the molecule is CC(=O)c1cnc2c(c1)OCCC1CNCCN21. The van der Waals surface area contributed by atoms with Crippen molar-refractivity contribution in [2.75, 3.05) is 31.1 Å². The van der Waals surface area contributed by atoms with E-state index in [0.29, 0.717) is 18.2 Å². The van der Waals surface area contributed by atoms with E-state index in [0.717, 1.165) is 37.6 Å². The molecule has 1 aromatic heterocycles. The minimum atomic E-state index is 0.0232. The van der Waals surface area contributed by atoms with Crippen LogP contribution in [0.15, 0.2) is 12.3 Å². The van der Waals surface area contributed by atoms with Gasteiger partial charge in [0, 0.05) is 43.9 Å². The maximum Gasteiger partial charge on any atom is 0.171 e.